The summed E-state index contributed by atoms with van der Waals surface area (Å²) in [7, 11) is 1.66. The van der Waals surface area contributed by atoms with E-state index in [0.29, 0.717) is 6.54 Å². The van der Waals surface area contributed by atoms with E-state index in [2.05, 4.69) is 5.32 Å². The van der Waals surface area contributed by atoms with Gasteiger partial charge in [-0.2, -0.15) is 0 Å². The lowest BCUT2D eigenvalue weighted by atomic mass is 10.1. The molecule has 0 atom stereocenters. The first kappa shape index (κ1) is 14.5. The van der Waals surface area contributed by atoms with Gasteiger partial charge in [0.15, 0.2) is 0 Å². The fourth-order valence-corrected chi connectivity index (χ4v) is 1.57. The van der Waals surface area contributed by atoms with Gasteiger partial charge in [-0.25, -0.2) is 0 Å². The van der Waals surface area contributed by atoms with Crippen LogP contribution < -0.4 is 15.8 Å². The van der Waals surface area contributed by atoms with Gasteiger partial charge in [-0.15, -0.1) is 0 Å². The van der Waals surface area contributed by atoms with E-state index in [1.165, 1.54) is 0 Å². The molecular formula is C14H22N2O2. The summed E-state index contributed by atoms with van der Waals surface area (Å²) in [6.45, 7) is 5.96. The van der Waals surface area contributed by atoms with Crippen molar-refractivity contribution in [3.05, 3.63) is 29.3 Å². The lowest BCUT2D eigenvalue weighted by Gasteiger charge is -2.17. The first-order chi connectivity index (χ1) is 8.34. The number of carbonyl (C=O) groups excluding carboxylic acids is 1. The molecule has 1 rings (SSSR count). The van der Waals surface area contributed by atoms with Crippen LogP contribution in [-0.2, 0) is 11.2 Å². The fraction of sp³-hybridized carbons (Fsp3) is 0.500. The molecule has 0 aliphatic heterocycles. The minimum Gasteiger partial charge on any atom is -0.496 e. The number of carbonyl (C=O) groups is 1. The summed E-state index contributed by atoms with van der Waals surface area (Å²) >= 11 is 0. The minimum atomic E-state index is -0.828. The number of nitrogens with two attached hydrogens (primary N) is 1. The van der Waals surface area contributed by atoms with Crippen LogP contribution in [0.3, 0.4) is 0 Å². The van der Waals surface area contributed by atoms with Crippen molar-refractivity contribution in [1.82, 2.24) is 5.32 Å². The van der Waals surface area contributed by atoms with Gasteiger partial charge < -0.3 is 15.8 Å². The zero-order valence-electron chi connectivity index (χ0n) is 11.5. The maximum atomic E-state index is 11.6. The molecule has 0 unspecified atom stereocenters. The molecule has 4 heteroatoms. The second-order valence-electron chi connectivity index (χ2n) is 5.03. The fourth-order valence-electron chi connectivity index (χ4n) is 1.57. The number of rotatable bonds is 5. The zero-order chi connectivity index (χ0) is 13.8. The first-order valence-corrected chi connectivity index (χ1v) is 6.05. The molecule has 0 saturated heterocycles. The highest BCUT2D eigenvalue weighted by atomic mass is 16.5. The number of hydrogen-bond acceptors (Lipinski definition) is 3. The molecule has 0 aliphatic rings. The first-order valence-electron chi connectivity index (χ1n) is 6.05. The number of amides is 1. The van der Waals surface area contributed by atoms with Crippen LogP contribution in [0.15, 0.2) is 18.2 Å². The number of nitrogens with one attached hydrogen (secondary N) is 1. The molecule has 100 valence electrons. The Hall–Kier alpha value is -1.55. The molecule has 0 bridgehead atoms. The van der Waals surface area contributed by atoms with E-state index in [1.54, 1.807) is 21.0 Å². The van der Waals surface area contributed by atoms with Crippen molar-refractivity contribution in [3.63, 3.8) is 0 Å². The van der Waals surface area contributed by atoms with Gasteiger partial charge in [0, 0.05) is 6.54 Å². The van der Waals surface area contributed by atoms with Crippen LogP contribution >= 0.6 is 0 Å². The molecular weight excluding hydrogens is 228 g/mol. The molecule has 1 amide bonds. The Morgan fingerprint density at radius 3 is 2.67 bits per heavy atom. The number of aryl methyl sites for hydroxylation is 1. The smallest absolute Gasteiger partial charge is 0.239 e. The van der Waals surface area contributed by atoms with Gasteiger partial charge in [0.05, 0.1) is 12.6 Å². The summed E-state index contributed by atoms with van der Waals surface area (Å²) in [6, 6.07) is 6.05. The van der Waals surface area contributed by atoms with Crippen LogP contribution in [0, 0.1) is 6.92 Å². The Labute approximate surface area is 109 Å². The van der Waals surface area contributed by atoms with Crippen molar-refractivity contribution >= 4 is 5.91 Å². The quantitative estimate of drug-likeness (QED) is 0.830. The van der Waals surface area contributed by atoms with Crippen molar-refractivity contribution in [2.75, 3.05) is 13.7 Å². The molecule has 1 aromatic carbocycles. The lowest BCUT2D eigenvalue weighted by molar-refractivity contribution is -0.125. The third kappa shape index (κ3) is 4.04. The number of ether oxygens (including phenoxy) is 1. The Bertz CT molecular complexity index is 422. The van der Waals surface area contributed by atoms with E-state index in [-0.39, 0.29) is 5.91 Å². The van der Waals surface area contributed by atoms with Crippen molar-refractivity contribution in [2.45, 2.75) is 32.7 Å². The number of benzene rings is 1. The number of methoxy groups -OCH3 is 1. The van der Waals surface area contributed by atoms with Crippen LogP contribution in [0.4, 0.5) is 0 Å². The van der Waals surface area contributed by atoms with E-state index >= 15 is 0 Å². The highest BCUT2D eigenvalue weighted by Gasteiger charge is 2.20. The molecule has 3 N–H and O–H groups in total. The second kappa shape index (κ2) is 5.87. The summed E-state index contributed by atoms with van der Waals surface area (Å²) < 4.78 is 5.26. The SMILES string of the molecule is COc1cc(CCNC(=O)C(C)(C)N)ccc1C. The molecule has 18 heavy (non-hydrogen) atoms. The maximum absolute atomic E-state index is 11.6. The molecule has 0 heterocycles. The number of hydrogen-bond donors (Lipinski definition) is 2. The van der Waals surface area contributed by atoms with Gasteiger partial charge in [-0.1, -0.05) is 12.1 Å². The normalized spacial score (nSPS) is 11.2. The van der Waals surface area contributed by atoms with Gasteiger partial charge in [-0.3, -0.25) is 4.79 Å². The largest absolute Gasteiger partial charge is 0.496 e. The van der Waals surface area contributed by atoms with E-state index < -0.39 is 5.54 Å². The van der Waals surface area contributed by atoms with Crippen LogP contribution in [0.25, 0.3) is 0 Å². The monoisotopic (exact) mass is 250 g/mol. The van der Waals surface area contributed by atoms with Crippen molar-refractivity contribution in [2.24, 2.45) is 5.73 Å². The summed E-state index contributed by atoms with van der Waals surface area (Å²) in [5.41, 5.74) is 7.10. The van der Waals surface area contributed by atoms with E-state index in [1.807, 2.05) is 25.1 Å². The van der Waals surface area contributed by atoms with Crippen molar-refractivity contribution in [3.8, 4) is 5.75 Å². The topological polar surface area (TPSA) is 64.3 Å². The molecule has 0 spiro atoms. The van der Waals surface area contributed by atoms with Crippen LogP contribution in [0.1, 0.15) is 25.0 Å². The van der Waals surface area contributed by atoms with Crippen molar-refractivity contribution in [1.29, 1.82) is 0 Å². The summed E-state index contributed by atoms with van der Waals surface area (Å²) in [5.74, 6) is 0.736. The average Bonchev–Trinajstić information content (AvgIpc) is 2.30. The molecule has 4 nitrogen and oxygen atoms in total. The predicted molar refractivity (Wildman–Crippen MR) is 72.7 cm³/mol. The Morgan fingerprint density at radius 1 is 1.44 bits per heavy atom. The zero-order valence-corrected chi connectivity index (χ0v) is 11.5. The Balaban J connectivity index is 2.52. The minimum absolute atomic E-state index is 0.137. The third-order valence-corrected chi connectivity index (χ3v) is 2.76. The van der Waals surface area contributed by atoms with Gasteiger partial charge in [0.2, 0.25) is 5.91 Å². The molecule has 0 aliphatic carbocycles. The van der Waals surface area contributed by atoms with E-state index in [9.17, 15) is 4.79 Å². The van der Waals surface area contributed by atoms with Crippen molar-refractivity contribution < 1.29 is 9.53 Å². The van der Waals surface area contributed by atoms with Crippen LogP contribution in [0.5, 0.6) is 5.75 Å². The van der Waals surface area contributed by atoms with Gasteiger partial charge in [-0.05, 0) is 44.4 Å². The molecule has 0 fully saturated rings. The summed E-state index contributed by atoms with van der Waals surface area (Å²) in [6.07, 6.45) is 0.762. The van der Waals surface area contributed by atoms with Gasteiger partial charge in [0.25, 0.3) is 0 Å². The summed E-state index contributed by atoms with van der Waals surface area (Å²) in [4.78, 5) is 11.6. The van der Waals surface area contributed by atoms with E-state index in [0.717, 1.165) is 23.3 Å². The van der Waals surface area contributed by atoms with Gasteiger partial charge in [0.1, 0.15) is 5.75 Å². The highest BCUT2D eigenvalue weighted by molar-refractivity contribution is 5.84. The summed E-state index contributed by atoms with van der Waals surface area (Å²) in [5, 5.41) is 2.82. The Kier molecular flexibility index (Phi) is 4.73. The lowest BCUT2D eigenvalue weighted by Crippen LogP contribution is -2.49. The van der Waals surface area contributed by atoms with Crippen LogP contribution in [0.2, 0.25) is 0 Å². The highest BCUT2D eigenvalue weighted by Crippen LogP contribution is 2.18. The average molecular weight is 250 g/mol. The molecule has 0 saturated carbocycles. The molecule has 1 aromatic rings. The maximum Gasteiger partial charge on any atom is 0.239 e. The third-order valence-electron chi connectivity index (χ3n) is 2.76. The molecule has 0 radical (unpaired) electrons. The second-order valence-corrected chi connectivity index (χ2v) is 5.03. The van der Waals surface area contributed by atoms with Gasteiger partial charge >= 0.3 is 0 Å². The van der Waals surface area contributed by atoms with E-state index in [4.69, 9.17) is 10.5 Å². The Morgan fingerprint density at radius 2 is 2.11 bits per heavy atom. The van der Waals surface area contributed by atoms with Crippen LogP contribution in [-0.4, -0.2) is 25.1 Å². The predicted octanol–water partition coefficient (Wildman–Crippen LogP) is 1.40. The molecule has 0 aromatic heterocycles. The standard InChI is InChI=1S/C14H22N2O2/c1-10-5-6-11(9-12(10)18-4)7-8-16-13(17)14(2,3)15/h5-6,9H,7-8,15H2,1-4H3,(H,16,17).